The molecule has 0 aliphatic carbocycles. The van der Waals surface area contributed by atoms with Crippen molar-refractivity contribution in [2.24, 2.45) is 5.73 Å². The monoisotopic (exact) mass is 271 g/mol. The van der Waals surface area contributed by atoms with Gasteiger partial charge in [-0.3, -0.25) is 4.79 Å². The molecule has 1 aromatic rings. The molecule has 0 aliphatic heterocycles. The zero-order valence-corrected chi connectivity index (χ0v) is 10.3. The minimum absolute atomic E-state index is 0.0398. The van der Waals surface area contributed by atoms with Crippen molar-refractivity contribution in [2.75, 3.05) is 0 Å². The van der Waals surface area contributed by atoms with Gasteiger partial charge in [0.2, 0.25) is 0 Å². The summed E-state index contributed by atoms with van der Waals surface area (Å²) in [7, 11) is 0. The normalized spacial score (nSPS) is 12.5. The Balaban J connectivity index is 3.05. The van der Waals surface area contributed by atoms with Gasteiger partial charge in [0.15, 0.2) is 0 Å². The van der Waals surface area contributed by atoms with Crippen molar-refractivity contribution in [1.82, 2.24) is 0 Å². The van der Waals surface area contributed by atoms with Gasteiger partial charge in [-0.15, -0.1) is 0 Å². The Labute approximate surface area is 97.4 Å². The number of halogens is 1. The fourth-order valence-electron chi connectivity index (χ4n) is 1.51. The van der Waals surface area contributed by atoms with E-state index in [0.29, 0.717) is 0 Å². The molecule has 0 aliphatic rings. The average Bonchev–Trinajstić information content (AvgIpc) is 2.13. The van der Waals surface area contributed by atoms with Crippen LogP contribution in [0.5, 0.6) is 0 Å². The van der Waals surface area contributed by atoms with E-state index >= 15 is 0 Å². The first-order valence-electron chi connectivity index (χ1n) is 4.66. The average molecular weight is 272 g/mol. The summed E-state index contributed by atoms with van der Waals surface area (Å²) in [5, 5.41) is 8.67. The molecule has 0 spiro atoms. The molecule has 15 heavy (non-hydrogen) atoms. The van der Waals surface area contributed by atoms with Crippen molar-refractivity contribution < 1.29 is 9.90 Å². The van der Waals surface area contributed by atoms with Crippen molar-refractivity contribution in [3.8, 4) is 0 Å². The highest BCUT2D eigenvalue weighted by Crippen LogP contribution is 2.26. The van der Waals surface area contributed by atoms with Crippen LogP contribution in [-0.2, 0) is 4.79 Å². The van der Waals surface area contributed by atoms with E-state index in [-0.39, 0.29) is 6.42 Å². The SMILES string of the molecule is Cc1c(Br)ccc(C(N)CC(=O)O)c1C. The Morgan fingerprint density at radius 3 is 2.60 bits per heavy atom. The van der Waals surface area contributed by atoms with E-state index in [9.17, 15) is 4.79 Å². The highest BCUT2D eigenvalue weighted by molar-refractivity contribution is 9.10. The molecule has 0 aromatic heterocycles. The van der Waals surface area contributed by atoms with Crippen LogP contribution in [0.25, 0.3) is 0 Å². The van der Waals surface area contributed by atoms with Crippen LogP contribution < -0.4 is 5.73 Å². The largest absolute Gasteiger partial charge is 0.481 e. The van der Waals surface area contributed by atoms with Crippen LogP contribution in [0.1, 0.15) is 29.2 Å². The Kier molecular flexibility index (Phi) is 3.88. The van der Waals surface area contributed by atoms with Gasteiger partial charge in [0.25, 0.3) is 0 Å². The molecule has 3 N–H and O–H groups in total. The Morgan fingerprint density at radius 2 is 2.07 bits per heavy atom. The quantitative estimate of drug-likeness (QED) is 0.888. The van der Waals surface area contributed by atoms with E-state index in [1.54, 1.807) is 0 Å². The topological polar surface area (TPSA) is 63.3 Å². The minimum atomic E-state index is -0.873. The highest BCUT2D eigenvalue weighted by Gasteiger charge is 2.14. The van der Waals surface area contributed by atoms with Crippen molar-refractivity contribution in [2.45, 2.75) is 26.3 Å². The standard InChI is InChI=1S/C11H14BrNO2/c1-6-7(2)9(12)4-3-8(6)10(13)5-11(14)15/h3-4,10H,5,13H2,1-2H3,(H,14,15). The highest BCUT2D eigenvalue weighted by atomic mass is 79.9. The van der Waals surface area contributed by atoms with Gasteiger partial charge in [-0.2, -0.15) is 0 Å². The molecule has 0 radical (unpaired) electrons. The van der Waals surface area contributed by atoms with Crippen molar-refractivity contribution in [3.63, 3.8) is 0 Å². The molecule has 0 fully saturated rings. The van der Waals surface area contributed by atoms with E-state index in [1.165, 1.54) is 0 Å². The summed E-state index contributed by atoms with van der Waals surface area (Å²) in [6.07, 6.45) is -0.0398. The lowest BCUT2D eigenvalue weighted by Gasteiger charge is -2.15. The first-order chi connectivity index (χ1) is 6.93. The second-order valence-corrected chi connectivity index (χ2v) is 4.45. The predicted molar refractivity (Wildman–Crippen MR) is 62.8 cm³/mol. The molecule has 1 aromatic carbocycles. The molecule has 0 saturated carbocycles. The number of hydrogen-bond acceptors (Lipinski definition) is 2. The first kappa shape index (κ1) is 12.2. The number of carbonyl (C=O) groups is 1. The Morgan fingerprint density at radius 1 is 1.47 bits per heavy atom. The summed E-state index contributed by atoms with van der Waals surface area (Å²) in [6, 6.07) is 3.34. The van der Waals surface area contributed by atoms with Crippen LogP contribution >= 0.6 is 15.9 Å². The second-order valence-electron chi connectivity index (χ2n) is 3.59. The maximum Gasteiger partial charge on any atom is 0.305 e. The third kappa shape index (κ3) is 2.79. The summed E-state index contributed by atoms with van der Waals surface area (Å²) in [4.78, 5) is 10.6. The number of rotatable bonds is 3. The molecule has 0 saturated heterocycles. The molecule has 1 unspecified atom stereocenters. The Hall–Kier alpha value is -0.870. The summed E-state index contributed by atoms with van der Waals surface area (Å²) < 4.78 is 1.02. The number of hydrogen-bond donors (Lipinski definition) is 2. The van der Waals surface area contributed by atoms with Crippen LogP contribution in [0.15, 0.2) is 16.6 Å². The summed E-state index contributed by atoms with van der Waals surface area (Å²) in [6.45, 7) is 3.94. The van der Waals surface area contributed by atoms with Gasteiger partial charge < -0.3 is 10.8 Å². The fraction of sp³-hybridized carbons (Fsp3) is 0.364. The molecule has 82 valence electrons. The van der Waals surface area contributed by atoms with Gasteiger partial charge >= 0.3 is 5.97 Å². The molecule has 1 rings (SSSR count). The fourth-order valence-corrected chi connectivity index (χ4v) is 1.94. The van der Waals surface area contributed by atoms with Crippen molar-refractivity contribution >= 4 is 21.9 Å². The number of carboxylic acids is 1. The first-order valence-corrected chi connectivity index (χ1v) is 5.45. The third-order valence-electron chi connectivity index (χ3n) is 2.56. The molecular weight excluding hydrogens is 258 g/mol. The van der Waals surface area contributed by atoms with E-state index in [2.05, 4.69) is 15.9 Å². The smallest absolute Gasteiger partial charge is 0.305 e. The Bertz CT molecular complexity index is 390. The van der Waals surface area contributed by atoms with Crippen LogP contribution in [-0.4, -0.2) is 11.1 Å². The predicted octanol–water partition coefficient (Wildman–Crippen LogP) is 2.54. The van der Waals surface area contributed by atoms with E-state index in [1.807, 2.05) is 26.0 Å². The lowest BCUT2D eigenvalue weighted by atomic mass is 9.96. The lowest BCUT2D eigenvalue weighted by molar-refractivity contribution is -0.137. The van der Waals surface area contributed by atoms with Gasteiger partial charge in [0.1, 0.15) is 0 Å². The maximum absolute atomic E-state index is 10.6. The van der Waals surface area contributed by atoms with Crippen LogP contribution in [0.4, 0.5) is 0 Å². The molecule has 1 atom stereocenters. The van der Waals surface area contributed by atoms with Gasteiger partial charge in [0.05, 0.1) is 6.42 Å². The zero-order chi connectivity index (χ0) is 11.6. The zero-order valence-electron chi connectivity index (χ0n) is 8.75. The van der Waals surface area contributed by atoms with Gasteiger partial charge in [0, 0.05) is 10.5 Å². The summed E-state index contributed by atoms with van der Waals surface area (Å²) in [5.41, 5.74) is 8.88. The summed E-state index contributed by atoms with van der Waals surface area (Å²) in [5.74, 6) is -0.873. The maximum atomic E-state index is 10.6. The van der Waals surface area contributed by atoms with E-state index in [0.717, 1.165) is 21.2 Å². The molecule has 4 heteroatoms. The second kappa shape index (κ2) is 4.77. The van der Waals surface area contributed by atoms with E-state index < -0.39 is 12.0 Å². The molecule has 3 nitrogen and oxygen atoms in total. The number of aliphatic carboxylic acids is 1. The summed E-state index contributed by atoms with van der Waals surface area (Å²) >= 11 is 3.42. The molecular formula is C11H14BrNO2. The third-order valence-corrected chi connectivity index (χ3v) is 3.42. The molecule has 0 heterocycles. The van der Waals surface area contributed by atoms with Crippen LogP contribution in [0.3, 0.4) is 0 Å². The van der Waals surface area contributed by atoms with E-state index in [4.69, 9.17) is 10.8 Å². The molecule has 0 amide bonds. The minimum Gasteiger partial charge on any atom is -0.481 e. The van der Waals surface area contributed by atoms with Crippen molar-refractivity contribution in [1.29, 1.82) is 0 Å². The van der Waals surface area contributed by atoms with Crippen molar-refractivity contribution in [3.05, 3.63) is 33.3 Å². The number of carboxylic acid groups (broad SMARTS) is 1. The van der Waals surface area contributed by atoms with Crippen LogP contribution in [0.2, 0.25) is 0 Å². The van der Waals surface area contributed by atoms with Crippen LogP contribution in [0, 0.1) is 13.8 Å². The van der Waals surface area contributed by atoms with Gasteiger partial charge in [-0.1, -0.05) is 22.0 Å². The number of nitrogens with two attached hydrogens (primary N) is 1. The van der Waals surface area contributed by atoms with Gasteiger partial charge in [-0.05, 0) is 36.6 Å². The van der Waals surface area contributed by atoms with Gasteiger partial charge in [-0.25, -0.2) is 0 Å². The number of benzene rings is 1. The lowest BCUT2D eigenvalue weighted by Crippen LogP contribution is -2.16. The molecule has 0 bridgehead atoms.